The standard InChI is InChI=1S/C18H22N6O/c1-5-24-14(4)17(13(3)22-24)12(2)21-18(25)15-7-6-8-16(9-15)23-10-19-20-11-23/h6-12H,5H2,1-4H3,(H,21,25). The van der Waals surface area contributed by atoms with E-state index in [1.165, 1.54) is 0 Å². The maximum atomic E-state index is 12.7. The molecule has 0 radical (unpaired) electrons. The predicted molar refractivity (Wildman–Crippen MR) is 94.6 cm³/mol. The van der Waals surface area contributed by atoms with Crippen LogP contribution in [0.4, 0.5) is 0 Å². The number of carbonyl (C=O) groups is 1. The lowest BCUT2D eigenvalue weighted by Crippen LogP contribution is -2.27. The number of nitrogens with one attached hydrogen (secondary N) is 1. The summed E-state index contributed by atoms with van der Waals surface area (Å²) in [7, 11) is 0. The molecular formula is C18H22N6O. The molecule has 0 fully saturated rings. The van der Waals surface area contributed by atoms with Crippen LogP contribution in [-0.2, 0) is 6.54 Å². The van der Waals surface area contributed by atoms with E-state index in [-0.39, 0.29) is 11.9 Å². The normalized spacial score (nSPS) is 12.2. The van der Waals surface area contributed by atoms with Gasteiger partial charge < -0.3 is 5.32 Å². The Labute approximate surface area is 146 Å². The van der Waals surface area contributed by atoms with E-state index in [9.17, 15) is 4.79 Å². The van der Waals surface area contributed by atoms with Gasteiger partial charge in [0.05, 0.1) is 11.7 Å². The lowest BCUT2D eigenvalue weighted by Gasteiger charge is -2.15. The minimum atomic E-state index is -0.120. The molecular weight excluding hydrogens is 316 g/mol. The lowest BCUT2D eigenvalue weighted by molar-refractivity contribution is 0.0939. The van der Waals surface area contributed by atoms with Gasteiger partial charge in [-0.05, 0) is 45.9 Å². The van der Waals surface area contributed by atoms with Crippen LogP contribution in [0.25, 0.3) is 5.69 Å². The van der Waals surface area contributed by atoms with Gasteiger partial charge >= 0.3 is 0 Å². The van der Waals surface area contributed by atoms with E-state index < -0.39 is 0 Å². The van der Waals surface area contributed by atoms with Crippen molar-refractivity contribution in [1.29, 1.82) is 0 Å². The number of hydrogen-bond donors (Lipinski definition) is 1. The van der Waals surface area contributed by atoms with Crippen LogP contribution >= 0.6 is 0 Å². The summed E-state index contributed by atoms with van der Waals surface area (Å²) in [5.41, 5.74) is 4.55. The number of amides is 1. The molecule has 0 aliphatic rings. The average Bonchev–Trinajstić information content (AvgIpc) is 3.23. The Morgan fingerprint density at radius 2 is 1.96 bits per heavy atom. The molecule has 0 aliphatic heterocycles. The second-order valence-electron chi connectivity index (χ2n) is 6.01. The summed E-state index contributed by atoms with van der Waals surface area (Å²) in [6.07, 6.45) is 3.21. The first kappa shape index (κ1) is 16.9. The molecule has 1 amide bonds. The number of hydrogen-bond acceptors (Lipinski definition) is 4. The summed E-state index contributed by atoms with van der Waals surface area (Å²) in [4.78, 5) is 12.7. The van der Waals surface area contributed by atoms with Gasteiger partial charge in [0.2, 0.25) is 0 Å². The van der Waals surface area contributed by atoms with Gasteiger partial charge in [0.15, 0.2) is 0 Å². The van der Waals surface area contributed by atoms with Gasteiger partial charge in [0, 0.05) is 29.1 Å². The van der Waals surface area contributed by atoms with Crippen molar-refractivity contribution in [2.75, 3.05) is 0 Å². The Morgan fingerprint density at radius 1 is 1.24 bits per heavy atom. The number of nitrogens with zero attached hydrogens (tertiary/aromatic N) is 5. The summed E-state index contributed by atoms with van der Waals surface area (Å²) in [6, 6.07) is 7.25. The first-order valence-corrected chi connectivity index (χ1v) is 8.31. The first-order chi connectivity index (χ1) is 12.0. The molecule has 7 heteroatoms. The molecule has 25 heavy (non-hydrogen) atoms. The molecule has 2 aromatic heterocycles. The number of aromatic nitrogens is 5. The third kappa shape index (κ3) is 3.31. The SMILES string of the molecule is CCn1nc(C)c(C(C)NC(=O)c2cccc(-n3cnnc3)c2)c1C. The van der Waals surface area contributed by atoms with E-state index in [1.54, 1.807) is 23.3 Å². The molecule has 1 aromatic carbocycles. The maximum Gasteiger partial charge on any atom is 0.251 e. The Bertz CT molecular complexity index is 881. The van der Waals surface area contributed by atoms with Gasteiger partial charge in [0.1, 0.15) is 12.7 Å². The molecule has 0 saturated heterocycles. The van der Waals surface area contributed by atoms with Gasteiger partial charge in [-0.3, -0.25) is 14.0 Å². The molecule has 0 saturated carbocycles. The van der Waals surface area contributed by atoms with E-state index in [0.29, 0.717) is 5.56 Å². The third-order valence-electron chi connectivity index (χ3n) is 4.34. The second-order valence-corrected chi connectivity index (χ2v) is 6.01. The quantitative estimate of drug-likeness (QED) is 0.776. The zero-order valence-corrected chi connectivity index (χ0v) is 14.9. The molecule has 1 unspecified atom stereocenters. The molecule has 7 nitrogen and oxygen atoms in total. The highest BCUT2D eigenvalue weighted by atomic mass is 16.1. The van der Waals surface area contributed by atoms with Crippen molar-refractivity contribution in [1.82, 2.24) is 29.9 Å². The van der Waals surface area contributed by atoms with Crippen LogP contribution in [-0.4, -0.2) is 30.5 Å². The molecule has 1 atom stereocenters. The van der Waals surface area contributed by atoms with Crippen LogP contribution in [0.3, 0.4) is 0 Å². The van der Waals surface area contributed by atoms with E-state index >= 15 is 0 Å². The third-order valence-corrected chi connectivity index (χ3v) is 4.34. The number of benzene rings is 1. The molecule has 1 N–H and O–H groups in total. The first-order valence-electron chi connectivity index (χ1n) is 8.31. The summed E-state index contributed by atoms with van der Waals surface area (Å²) < 4.78 is 3.72. The Hall–Kier alpha value is -2.96. The lowest BCUT2D eigenvalue weighted by atomic mass is 10.1. The molecule has 3 rings (SSSR count). The monoisotopic (exact) mass is 338 g/mol. The fraction of sp³-hybridized carbons (Fsp3) is 0.333. The maximum absolute atomic E-state index is 12.7. The van der Waals surface area contributed by atoms with Gasteiger partial charge in [0.25, 0.3) is 5.91 Å². The Kier molecular flexibility index (Phi) is 4.65. The highest BCUT2D eigenvalue weighted by molar-refractivity contribution is 5.95. The summed E-state index contributed by atoms with van der Waals surface area (Å²) in [6.45, 7) is 8.87. The van der Waals surface area contributed by atoms with Crippen molar-refractivity contribution >= 4 is 5.91 Å². The van der Waals surface area contributed by atoms with Crippen molar-refractivity contribution in [3.8, 4) is 5.69 Å². The number of rotatable bonds is 5. The van der Waals surface area contributed by atoms with Gasteiger partial charge in [-0.1, -0.05) is 6.07 Å². The summed E-state index contributed by atoms with van der Waals surface area (Å²) in [5, 5.41) is 15.2. The van der Waals surface area contributed by atoms with Crippen LogP contribution in [0.15, 0.2) is 36.9 Å². The van der Waals surface area contributed by atoms with Crippen molar-refractivity contribution < 1.29 is 4.79 Å². The van der Waals surface area contributed by atoms with E-state index in [0.717, 1.165) is 29.2 Å². The predicted octanol–water partition coefficient (Wildman–Crippen LogP) is 2.59. The van der Waals surface area contributed by atoms with Crippen LogP contribution < -0.4 is 5.32 Å². The Balaban J connectivity index is 1.81. The molecule has 2 heterocycles. The zero-order valence-electron chi connectivity index (χ0n) is 14.9. The van der Waals surface area contributed by atoms with Crippen molar-refractivity contribution in [2.24, 2.45) is 0 Å². The molecule has 0 spiro atoms. The minimum absolute atomic E-state index is 0.119. The van der Waals surface area contributed by atoms with Gasteiger partial charge in [-0.2, -0.15) is 5.10 Å². The van der Waals surface area contributed by atoms with Crippen LogP contribution in [0, 0.1) is 13.8 Å². The van der Waals surface area contributed by atoms with Gasteiger partial charge in [-0.25, -0.2) is 0 Å². The van der Waals surface area contributed by atoms with Gasteiger partial charge in [-0.15, -0.1) is 10.2 Å². The molecule has 0 aliphatic carbocycles. The van der Waals surface area contributed by atoms with Crippen LogP contribution in [0.2, 0.25) is 0 Å². The fourth-order valence-corrected chi connectivity index (χ4v) is 3.14. The van der Waals surface area contributed by atoms with E-state index in [2.05, 4.69) is 27.5 Å². The summed E-state index contributed by atoms with van der Waals surface area (Å²) in [5.74, 6) is -0.120. The topological polar surface area (TPSA) is 77.6 Å². The second kappa shape index (κ2) is 6.88. The smallest absolute Gasteiger partial charge is 0.251 e. The van der Waals surface area contributed by atoms with Crippen LogP contribution in [0.5, 0.6) is 0 Å². The largest absolute Gasteiger partial charge is 0.345 e. The average molecular weight is 338 g/mol. The highest BCUT2D eigenvalue weighted by Crippen LogP contribution is 2.22. The Morgan fingerprint density at radius 3 is 2.60 bits per heavy atom. The van der Waals surface area contributed by atoms with Crippen molar-refractivity contribution in [3.05, 3.63) is 59.4 Å². The minimum Gasteiger partial charge on any atom is -0.345 e. The number of carbonyl (C=O) groups excluding carboxylic acids is 1. The highest BCUT2D eigenvalue weighted by Gasteiger charge is 2.19. The van der Waals surface area contributed by atoms with Crippen LogP contribution in [0.1, 0.15) is 47.2 Å². The molecule has 130 valence electrons. The van der Waals surface area contributed by atoms with Crippen molar-refractivity contribution in [2.45, 2.75) is 40.3 Å². The molecule has 0 bridgehead atoms. The fourth-order valence-electron chi connectivity index (χ4n) is 3.14. The van der Waals surface area contributed by atoms with E-state index in [4.69, 9.17) is 0 Å². The van der Waals surface area contributed by atoms with E-state index in [1.807, 2.05) is 43.7 Å². The zero-order chi connectivity index (χ0) is 18.0. The number of aryl methyl sites for hydroxylation is 2. The van der Waals surface area contributed by atoms with Crippen molar-refractivity contribution in [3.63, 3.8) is 0 Å². The summed E-state index contributed by atoms with van der Waals surface area (Å²) >= 11 is 0. The molecule has 3 aromatic rings.